The molecule has 3 aromatic rings. The van der Waals surface area contributed by atoms with E-state index in [-0.39, 0.29) is 30.1 Å². The molecule has 0 fully saturated rings. The molecular weight excluding hydrogens is 404 g/mol. The van der Waals surface area contributed by atoms with Crippen molar-refractivity contribution in [3.63, 3.8) is 0 Å². The molecule has 0 bridgehead atoms. The van der Waals surface area contributed by atoms with Crippen molar-refractivity contribution in [3.05, 3.63) is 100 Å². The summed E-state index contributed by atoms with van der Waals surface area (Å²) in [5, 5.41) is 10.6. The van der Waals surface area contributed by atoms with Gasteiger partial charge < -0.3 is 14.6 Å². The van der Waals surface area contributed by atoms with Gasteiger partial charge in [-0.05, 0) is 47.5 Å². The Balaban J connectivity index is 1.88. The molecule has 5 nitrogen and oxygen atoms in total. The Morgan fingerprint density at radius 3 is 2.23 bits per heavy atom. The average molecular weight is 421 g/mol. The minimum atomic E-state index is -1.19. The lowest BCUT2D eigenvalue weighted by Gasteiger charge is -2.13. The van der Waals surface area contributed by atoms with Crippen molar-refractivity contribution in [1.82, 2.24) is 0 Å². The van der Waals surface area contributed by atoms with Crippen molar-refractivity contribution >= 4 is 28.9 Å². The molecule has 0 aromatic heterocycles. The molecule has 3 aromatic carbocycles. The first-order valence-corrected chi connectivity index (χ1v) is 9.61. The second kappa shape index (κ2) is 8.43. The standard InChI is InChI=1S/C24H17ClO5/c25-18-9-6-16(7-10-18)23(26)19(12-15-4-2-1-3-5-15)22(24(27)28)17-8-11-20-21(13-17)30-14-29-20/h1-11,13H,12,14H2,(H,27,28)/b22-19-. The predicted molar refractivity (Wildman–Crippen MR) is 113 cm³/mol. The van der Waals surface area contributed by atoms with Crippen LogP contribution in [0.25, 0.3) is 5.57 Å². The number of ketones is 1. The molecule has 150 valence electrons. The number of rotatable bonds is 6. The topological polar surface area (TPSA) is 72.8 Å². The van der Waals surface area contributed by atoms with Crippen LogP contribution in [-0.2, 0) is 11.2 Å². The number of benzene rings is 3. The monoisotopic (exact) mass is 420 g/mol. The molecule has 0 saturated heterocycles. The minimum Gasteiger partial charge on any atom is -0.478 e. The molecule has 30 heavy (non-hydrogen) atoms. The molecule has 1 N–H and O–H groups in total. The van der Waals surface area contributed by atoms with E-state index in [4.69, 9.17) is 21.1 Å². The summed E-state index contributed by atoms with van der Waals surface area (Å²) in [4.78, 5) is 25.7. The number of fused-ring (bicyclic) bond motifs is 1. The maximum absolute atomic E-state index is 13.4. The molecule has 1 aliphatic rings. The fourth-order valence-corrected chi connectivity index (χ4v) is 3.46. The molecule has 6 heteroatoms. The third-order valence-corrected chi connectivity index (χ3v) is 5.03. The lowest BCUT2D eigenvalue weighted by Crippen LogP contribution is -2.14. The number of halogens is 1. The number of allylic oxidation sites excluding steroid dienone is 1. The average Bonchev–Trinajstić information content (AvgIpc) is 3.22. The number of carbonyl (C=O) groups excluding carboxylic acids is 1. The van der Waals surface area contributed by atoms with Crippen LogP contribution in [0.1, 0.15) is 21.5 Å². The number of Topliss-reactive ketones (excluding diaryl/α,β-unsaturated/α-hetero) is 1. The summed E-state index contributed by atoms with van der Waals surface area (Å²) in [5.74, 6) is -0.575. The van der Waals surface area contributed by atoms with E-state index in [1.165, 1.54) is 0 Å². The molecule has 0 aliphatic carbocycles. The van der Waals surface area contributed by atoms with Crippen LogP contribution >= 0.6 is 11.6 Å². The predicted octanol–water partition coefficient (Wildman–Crippen LogP) is 5.03. The Hall–Kier alpha value is -3.57. The van der Waals surface area contributed by atoms with Crippen LogP contribution in [0, 0.1) is 0 Å². The summed E-state index contributed by atoms with van der Waals surface area (Å²) in [6, 6.07) is 20.5. The first-order chi connectivity index (χ1) is 14.5. The quantitative estimate of drug-likeness (QED) is 0.447. The van der Waals surface area contributed by atoms with Crippen LogP contribution in [0.5, 0.6) is 11.5 Å². The van der Waals surface area contributed by atoms with E-state index in [1.807, 2.05) is 30.3 Å². The zero-order valence-electron chi connectivity index (χ0n) is 15.8. The van der Waals surface area contributed by atoms with Gasteiger partial charge in [0.25, 0.3) is 0 Å². The summed E-state index contributed by atoms with van der Waals surface area (Å²) in [6.07, 6.45) is 0.165. The lowest BCUT2D eigenvalue weighted by molar-refractivity contribution is -0.130. The number of carbonyl (C=O) groups is 2. The van der Waals surface area contributed by atoms with Gasteiger partial charge in [0.05, 0.1) is 5.57 Å². The highest BCUT2D eigenvalue weighted by molar-refractivity contribution is 6.31. The minimum absolute atomic E-state index is 0.0721. The van der Waals surface area contributed by atoms with E-state index < -0.39 is 5.97 Å². The number of aliphatic carboxylic acids is 1. The highest BCUT2D eigenvalue weighted by Gasteiger charge is 2.25. The molecule has 0 spiro atoms. The molecule has 1 aliphatic heterocycles. The Morgan fingerprint density at radius 2 is 1.53 bits per heavy atom. The zero-order valence-corrected chi connectivity index (χ0v) is 16.6. The molecule has 0 atom stereocenters. The number of ether oxygens (including phenoxy) is 2. The highest BCUT2D eigenvalue weighted by atomic mass is 35.5. The van der Waals surface area contributed by atoms with Gasteiger partial charge in [0, 0.05) is 22.6 Å². The van der Waals surface area contributed by atoms with Crippen molar-refractivity contribution in [2.45, 2.75) is 6.42 Å². The number of hydrogen-bond donors (Lipinski definition) is 1. The van der Waals surface area contributed by atoms with Crippen molar-refractivity contribution < 1.29 is 24.2 Å². The molecule has 0 saturated carbocycles. The Labute approximate surface area is 178 Å². The van der Waals surface area contributed by atoms with E-state index in [0.717, 1.165) is 5.56 Å². The number of carboxylic acid groups (broad SMARTS) is 1. The van der Waals surface area contributed by atoms with Gasteiger partial charge in [0.1, 0.15) is 0 Å². The van der Waals surface area contributed by atoms with Crippen molar-refractivity contribution in [2.24, 2.45) is 0 Å². The molecule has 0 unspecified atom stereocenters. The first kappa shape index (κ1) is 19.7. The van der Waals surface area contributed by atoms with E-state index >= 15 is 0 Å². The van der Waals surface area contributed by atoms with Gasteiger partial charge in [-0.1, -0.05) is 48.0 Å². The maximum Gasteiger partial charge on any atom is 0.336 e. The molecule has 1 heterocycles. The third-order valence-electron chi connectivity index (χ3n) is 4.78. The Kier molecular flexibility index (Phi) is 5.55. The number of carboxylic acids is 1. The SMILES string of the molecule is O=C(O)/C(=C(/Cc1ccccc1)C(=O)c1ccc(Cl)cc1)c1ccc2c(c1)OCO2. The van der Waals surface area contributed by atoms with Crippen LogP contribution in [0.3, 0.4) is 0 Å². The van der Waals surface area contributed by atoms with Crippen LogP contribution in [0.15, 0.2) is 78.4 Å². The fourth-order valence-electron chi connectivity index (χ4n) is 3.34. The van der Waals surface area contributed by atoms with E-state index in [1.54, 1.807) is 42.5 Å². The van der Waals surface area contributed by atoms with Crippen LogP contribution in [0.2, 0.25) is 5.02 Å². The second-order valence-electron chi connectivity index (χ2n) is 6.73. The van der Waals surface area contributed by atoms with Gasteiger partial charge >= 0.3 is 5.97 Å². The fraction of sp³-hybridized carbons (Fsp3) is 0.0833. The zero-order chi connectivity index (χ0) is 21.1. The van der Waals surface area contributed by atoms with Gasteiger partial charge in [0.15, 0.2) is 17.3 Å². The summed E-state index contributed by atoms with van der Waals surface area (Å²) >= 11 is 5.95. The summed E-state index contributed by atoms with van der Waals surface area (Å²) in [7, 11) is 0. The van der Waals surface area contributed by atoms with Gasteiger partial charge in [-0.2, -0.15) is 0 Å². The molecule has 4 rings (SSSR count). The van der Waals surface area contributed by atoms with Gasteiger partial charge in [-0.3, -0.25) is 4.79 Å². The Bertz CT molecular complexity index is 1130. The summed E-state index contributed by atoms with van der Waals surface area (Å²) in [5.41, 5.74) is 1.67. The van der Waals surface area contributed by atoms with E-state index in [9.17, 15) is 14.7 Å². The highest BCUT2D eigenvalue weighted by Crippen LogP contribution is 2.36. The largest absolute Gasteiger partial charge is 0.478 e. The van der Waals surface area contributed by atoms with Crippen LogP contribution < -0.4 is 9.47 Å². The Morgan fingerprint density at radius 1 is 0.867 bits per heavy atom. The molecule has 0 amide bonds. The second-order valence-corrected chi connectivity index (χ2v) is 7.16. The van der Waals surface area contributed by atoms with Crippen molar-refractivity contribution in [3.8, 4) is 11.5 Å². The van der Waals surface area contributed by atoms with Gasteiger partial charge in [-0.15, -0.1) is 0 Å². The molecule has 0 radical (unpaired) electrons. The number of hydrogen-bond acceptors (Lipinski definition) is 4. The third kappa shape index (κ3) is 4.07. The van der Waals surface area contributed by atoms with E-state index in [0.29, 0.717) is 27.6 Å². The first-order valence-electron chi connectivity index (χ1n) is 9.23. The summed E-state index contributed by atoms with van der Waals surface area (Å²) < 4.78 is 10.7. The maximum atomic E-state index is 13.4. The van der Waals surface area contributed by atoms with Gasteiger partial charge in [-0.25, -0.2) is 4.79 Å². The van der Waals surface area contributed by atoms with E-state index in [2.05, 4.69) is 0 Å². The van der Waals surface area contributed by atoms with Crippen molar-refractivity contribution in [1.29, 1.82) is 0 Å². The molecular formula is C24H17ClO5. The van der Waals surface area contributed by atoms with Gasteiger partial charge in [0.2, 0.25) is 6.79 Å². The normalized spacial score (nSPS) is 13.0. The smallest absolute Gasteiger partial charge is 0.336 e. The van der Waals surface area contributed by atoms with Crippen molar-refractivity contribution in [2.75, 3.05) is 6.79 Å². The lowest BCUT2D eigenvalue weighted by atomic mass is 9.89. The summed E-state index contributed by atoms with van der Waals surface area (Å²) in [6.45, 7) is 0.0749. The van der Waals surface area contributed by atoms with Crippen LogP contribution in [-0.4, -0.2) is 23.7 Å². The van der Waals surface area contributed by atoms with Crippen LogP contribution in [0.4, 0.5) is 0 Å².